The number of anilines is 2. The van der Waals surface area contributed by atoms with E-state index >= 15 is 0 Å². The van der Waals surface area contributed by atoms with Crippen molar-refractivity contribution in [2.45, 2.75) is 13.1 Å². The lowest BCUT2D eigenvalue weighted by atomic mass is 10.2. The molecule has 0 atom stereocenters. The lowest BCUT2D eigenvalue weighted by molar-refractivity contribution is -0.139. The van der Waals surface area contributed by atoms with Crippen molar-refractivity contribution >= 4 is 11.6 Å². The summed E-state index contributed by atoms with van der Waals surface area (Å²) in [4.78, 5) is 7.40. The molecule has 0 saturated heterocycles. The molecule has 2 rings (SSSR count). The van der Waals surface area contributed by atoms with Crippen LogP contribution in [0.3, 0.4) is 0 Å². The van der Waals surface area contributed by atoms with Gasteiger partial charge in [0, 0.05) is 11.9 Å². The fraction of sp³-hybridized carbons (Fsp3) is 0.231. The minimum absolute atomic E-state index is 0.0455. The maximum Gasteiger partial charge on any atom is 0.423 e. The molecule has 0 spiro atoms. The van der Waals surface area contributed by atoms with Crippen LogP contribution in [0.15, 0.2) is 30.5 Å². The standard InChI is InChI=1S/C13H12F3N3O/c1-8-5-3-4-6-10(8)18-12-17-7-9(13(14,15)16)11(19-12)20-2/h3-7H,1-2H3,(H,17,18,19). The normalized spacial score (nSPS) is 11.2. The highest BCUT2D eigenvalue weighted by atomic mass is 19.4. The van der Waals surface area contributed by atoms with Crippen molar-refractivity contribution in [2.24, 2.45) is 0 Å². The summed E-state index contributed by atoms with van der Waals surface area (Å²) in [7, 11) is 1.13. The zero-order chi connectivity index (χ0) is 14.8. The Labute approximate surface area is 113 Å². The molecule has 2 aromatic rings. The minimum Gasteiger partial charge on any atom is -0.480 e. The Hall–Kier alpha value is -2.31. The van der Waals surface area contributed by atoms with E-state index in [0.717, 1.165) is 12.7 Å². The zero-order valence-corrected chi connectivity index (χ0v) is 10.8. The molecule has 0 unspecified atom stereocenters. The second-order valence-corrected chi connectivity index (χ2v) is 4.05. The van der Waals surface area contributed by atoms with Gasteiger partial charge in [0.25, 0.3) is 0 Å². The summed E-state index contributed by atoms with van der Waals surface area (Å²) in [6, 6.07) is 7.30. The van der Waals surface area contributed by atoms with Crippen molar-refractivity contribution in [3.63, 3.8) is 0 Å². The first-order valence-electron chi connectivity index (χ1n) is 5.72. The third kappa shape index (κ3) is 2.98. The summed E-state index contributed by atoms with van der Waals surface area (Å²) in [5, 5.41) is 2.86. The smallest absolute Gasteiger partial charge is 0.423 e. The van der Waals surface area contributed by atoms with E-state index in [1.807, 2.05) is 19.1 Å². The van der Waals surface area contributed by atoms with Gasteiger partial charge in [0.1, 0.15) is 5.56 Å². The number of para-hydroxylation sites is 1. The molecule has 0 bridgehead atoms. The van der Waals surface area contributed by atoms with Gasteiger partial charge in [0.2, 0.25) is 11.8 Å². The Morgan fingerprint density at radius 3 is 2.50 bits per heavy atom. The number of ether oxygens (including phenoxy) is 1. The molecule has 0 aliphatic rings. The van der Waals surface area contributed by atoms with Crippen LogP contribution in [0, 0.1) is 6.92 Å². The van der Waals surface area contributed by atoms with Gasteiger partial charge in [-0.15, -0.1) is 0 Å². The van der Waals surface area contributed by atoms with Crippen LogP contribution >= 0.6 is 0 Å². The molecular weight excluding hydrogens is 271 g/mol. The average Bonchev–Trinajstić information content (AvgIpc) is 2.40. The fourth-order valence-corrected chi connectivity index (χ4v) is 1.61. The van der Waals surface area contributed by atoms with Crippen LogP contribution in [0.5, 0.6) is 5.88 Å². The van der Waals surface area contributed by atoms with E-state index in [1.54, 1.807) is 12.1 Å². The molecule has 0 radical (unpaired) electrons. The van der Waals surface area contributed by atoms with Crippen molar-refractivity contribution in [3.05, 3.63) is 41.6 Å². The number of hydrogen-bond acceptors (Lipinski definition) is 4. The highest BCUT2D eigenvalue weighted by molar-refractivity contribution is 5.58. The summed E-state index contributed by atoms with van der Waals surface area (Å²) in [6.07, 6.45) is -3.85. The molecule has 1 aromatic carbocycles. The molecule has 4 nitrogen and oxygen atoms in total. The summed E-state index contributed by atoms with van der Waals surface area (Å²) >= 11 is 0. The lowest BCUT2D eigenvalue weighted by Gasteiger charge is -2.12. The summed E-state index contributed by atoms with van der Waals surface area (Å²) in [6.45, 7) is 1.86. The minimum atomic E-state index is -4.55. The highest BCUT2D eigenvalue weighted by Gasteiger charge is 2.36. The summed E-state index contributed by atoms with van der Waals surface area (Å²) < 4.78 is 42.7. The molecular formula is C13H12F3N3O. The zero-order valence-electron chi connectivity index (χ0n) is 10.8. The Bertz CT molecular complexity index is 614. The van der Waals surface area contributed by atoms with Crippen LogP contribution in [0.25, 0.3) is 0 Å². The molecule has 106 valence electrons. The molecule has 7 heteroatoms. The van der Waals surface area contributed by atoms with E-state index in [-0.39, 0.29) is 5.95 Å². The molecule has 20 heavy (non-hydrogen) atoms. The van der Waals surface area contributed by atoms with E-state index in [1.165, 1.54) is 0 Å². The number of hydrogen-bond donors (Lipinski definition) is 1. The number of nitrogens with zero attached hydrogens (tertiary/aromatic N) is 2. The fourth-order valence-electron chi connectivity index (χ4n) is 1.61. The van der Waals surface area contributed by atoms with E-state index in [9.17, 15) is 13.2 Å². The molecule has 0 aliphatic carbocycles. The second-order valence-electron chi connectivity index (χ2n) is 4.05. The molecule has 1 heterocycles. The molecule has 1 aromatic heterocycles. The van der Waals surface area contributed by atoms with Crippen LogP contribution < -0.4 is 10.1 Å². The van der Waals surface area contributed by atoms with E-state index in [0.29, 0.717) is 11.9 Å². The van der Waals surface area contributed by atoms with Crippen molar-refractivity contribution in [1.82, 2.24) is 9.97 Å². The van der Waals surface area contributed by atoms with Crippen LogP contribution in [0.2, 0.25) is 0 Å². The van der Waals surface area contributed by atoms with Gasteiger partial charge < -0.3 is 10.1 Å². The van der Waals surface area contributed by atoms with Gasteiger partial charge >= 0.3 is 6.18 Å². The molecule has 0 amide bonds. The van der Waals surface area contributed by atoms with Gasteiger partial charge in [-0.2, -0.15) is 18.2 Å². The van der Waals surface area contributed by atoms with Gasteiger partial charge in [-0.1, -0.05) is 18.2 Å². The third-order valence-electron chi connectivity index (χ3n) is 2.64. The van der Waals surface area contributed by atoms with Crippen molar-refractivity contribution in [2.75, 3.05) is 12.4 Å². The monoisotopic (exact) mass is 283 g/mol. The van der Waals surface area contributed by atoms with Gasteiger partial charge in [-0.25, -0.2) is 4.98 Å². The van der Waals surface area contributed by atoms with Gasteiger partial charge in [-0.3, -0.25) is 0 Å². The molecule has 1 N–H and O–H groups in total. The molecule has 0 saturated carbocycles. The number of nitrogens with one attached hydrogen (secondary N) is 1. The van der Waals surface area contributed by atoms with Crippen LogP contribution in [0.4, 0.5) is 24.8 Å². The first-order valence-corrected chi connectivity index (χ1v) is 5.72. The van der Waals surface area contributed by atoms with E-state index < -0.39 is 17.6 Å². The Kier molecular flexibility index (Phi) is 3.78. The number of halogens is 3. The maximum absolute atomic E-state index is 12.7. The van der Waals surface area contributed by atoms with Crippen molar-refractivity contribution in [3.8, 4) is 5.88 Å². The number of aromatic nitrogens is 2. The van der Waals surface area contributed by atoms with Crippen molar-refractivity contribution in [1.29, 1.82) is 0 Å². The van der Waals surface area contributed by atoms with E-state index in [2.05, 4.69) is 20.0 Å². The van der Waals surface area contributed by atoms with Crippen LogP contribution in [-0.4, -0.2) is 17.1 Å². The van der Waals surface area contributed by atoms with Gasteiger partial charge in [0.15, 0.2) is 0 Å². The van der Waals surface area contributed by atoms with Gasteiger partial charge in [-0.05, 0) is 18.6 Å². The lowest BCUT2D eigenvalue weighted by Crippen LogP contribution is -2.11. The molecule has 0 fully saturated rings. The maximum atomic E-state index is 12.7. The number of benzene rings is 1. The Morgan fingerprint density at radius 1 is 1.20 bits per heavy atom. The summed E-state index contributed by atoms with van der Waals surface area (Å²) in [5.74, 6) is -0.465. The number of methoxy groups -OCH3 is 1. The number of alkyl halides is 3. The largest absolute Gasteiger partial charge is 0.480 e. The predicted octanol–water partition coefficient (Wildman–Crippen LogP) is 3.56. The number of aryl methyl sites for hydroxylation is 1. The topological polar surface area (TPSA) is 47.0 Å². The summed E-state index contributed by atoms with van der Waals surface area (Å²) in [5.41, 5.74) is 0.639. The average molecular weight is 283 g/mol. The SMILES string of the molecule is COc1nc(Nc2ccccc2C)ncc1C(F)(F)F. The third-order valence-corrected chi connectivity index (χ3v) is 2.64. The highest BCUT2D eigenvalue weighted by Crippen LogP contribution is 2.35. The number of rotatable bonds is 3. The predicted molar refractivity (Wildman–Crippen MR) is 68.0 cm³/mol. The quantitative estimate of drug-likeness (QED) is 0.935. The first kappa shape index (κ1) is 14.1. The van der Waals surface area contributed by atoms with Crippen molar-refractivity contribution < 1.29 is 17.9 Å². The Morgan fingerprint density at radius 2 is 1.90 bits per heavy atom. The van der Waals surface area contributed by atoms with Crippen LogP contribution in [0.1, 0.15) is 11.1 Å². The second kappa shape index (κ2) is 5.36. The first-order chi connectivity index (χ1) is 9.41. The molecule has 0 aliphatic heterocycles. The van der Waals surface area contributed by atoms with E-state index in [4.69, 9.17) is 0 Å². The van der Waals surface area contributed by atoms with Gasteiger partial charge in [0.05, 0.1) is 7.11 Å². The van der Waals surface area contributed by atoms with Crippen LogP contribution in [-0.2, 0) is 6.18 Å². The Balaban J connectivity index is 2.33.